The Bertz CT molecular complexity index is 727. The number of aryl methyl sites for hydroxylation is 1. The van der Waals surface area contributed by atoms with E-state index in [1.807, 2.05) is 0 Å². The minimum atomic E-state index is -0.287. The van der Waals surface area contributed by atoms with Gasteiger partial charge >= 0.3 is 0 Å². The predicted molar refractivity (Wildman–Crippen MR) is 79.3 cm³/mol. The fourth-order valence-corrected chi connectivity index (χ4v) is 2.47. The number of rotatable bonds is 4. The topological polar surface area (TPSA) is 81.3 Å². The lowest BCUT2D eigenvalue weighted by molar-refractivity contribution is 0.108. The van der Waals surface area contributed by atoms with Crippen LogP contribution in [0.25, 0.3) is 0 Å². The summed E-state index contributed by atoms with van der Waals surface area (Å²) in [6, 6.07) is 6.23. The molecule has 0 aliphatic carbocycles. The summed E-state index contributed by atoms with van der Waals surface area (Å²) in [6.07, 6.45) is 0. The molecule has 0 amide bonds. The second-order valence-corrected chi connectivity index (χ2v) is 5.11. The van der Waals surface area contributed by atoms with Crippen LogP contribution in [0, 0.1) is 6.92 Å². The largest absolute Gasteiger partial charge is 0.493 e. The molecular formula is C14H14N2O4S. The summed E-state index contributed by atoms with van der Waals surface area (Å²) in [5.41, 5.74) is 0.702. The first-order chi connectivity index (χ1) is 10.0. The quantitative estimate of drug-likeness (QED) is 0.687. The molecule has 21 heavy (non-hydrogen) atoms. The highest BCUT2D eigenvalue weighted by molar-refractivity contribution is 8.14. The number of aromatic nitrogens is 2. The van der Waals surface area contributed by atoms with Gasteiger partial charge in [0.25, 0.3) is 5.56 Å². The molecule has 110 valence electrons. The number of H-pyrrole nitrogens is 1. The monoisotopic (exact) mass is 306 g/mol. The summed E-state index contributed by atoms with van der Waals surface area (Å²) < 4.78 is 10.3. The first kappa shape index (κ1) is 15.1. The van der Waals surface area contributed by atoms with Gasteiger partial charge in [-0.15, -0.1) is 0 Å². The molecule has 0 bridgehead atoms. The van der Waals surface area contributed by atoms with Gasteiger partial charge in [-0.05, 0) is 36.9 Å². The van der Waals surface area contributed by atoms with Gasteiger partial charge in [0.15, 0.2) is 16.7 Å². The Morgan fingerprint density at radius 1 is 1.19 bits per heavy atom. The van der Waals surface area contributed by atoms with Crippen molar-refractivity contribution in [1.82, 2.24) is 9.97 Å². The van der Waals surface area contributed by atoms with Crippen molar-refractivity contribution >= 4 is 16.9 Å². The standard InChI is InChI=1S/C14H14N2O4S/c1-8-6-12(17)16-14(15-8)21-13(18)9-4-5-10(19-2)11(7-9)20-3/h4-7H,1-3H3,(H,15,16,17). The Labute approximate surface area is 125 Å². The number of aromatic amines is 1. The molecule has 1 heterocycles. The molecule has 2 rings (SSSR count). The Balaban J connectivity index is 2.26. The zero-order valence-electron chi connectivity index (χ0n) is 11.8. The third-order valence-electron chi connectivity index (χ3n) is 2.66. The maximum atomic E-state index is 12.2. The van der Waals surface area contributed by atoms with Gasteiger partial charge in [-0.1, -0.05) is 0 Å². The van der Waals surface area contributed by atoms with Crippen molar-refractivity contribution in [3.8, 4) is 11.5 Å². The van der Waals surface area contributed by atoms with Gasteiger partial charge in [-0.3, -0.25) is 9.59 Å². The number of methoxy groups -OCH3 is 2. The van der Waals surface area contributed by atoms with E-state index in [0.717, 1.165) is 11.8 Å². The van der Waals surface area contributed by atoms with E-state index < -0.39 is 0 Å². The fraction of sp³-hybridized carbons (Fsp3) is 0.214. The van der Waals surface area contributed by atoms with Crippen molar-refractivity contribution in [3.05, 3.63) is 45.9 Å². The Kier molecular flexibility index (Phi) is 4.64. The molecule has 0 unspecified atom stereocenters. The van der Waals surface area contributed by atoms with Crippen LogP contribution < -0.4 is 15.0 Å². The third kappa shape index (κ3) is 3.63. The number of nitrogens with one attached hydrogen (secondary N) is 1. The number of thioether (sulfide) groups is 1. The van der Waals surface area contributed by atoms with Crippen molar-refractivity contribution in [2.45, 2.75) is 12.1 Å². The first-order valence-electron chi connectivity index (χ1n) is 6.05. The van der Waals surface area contributed by atoms with Crippen LogP contribution in [0.4, 0.5) is 0 Å². The molecule has 0 spiro atoms. The molecule has 7 heteroatoms. The van der Waals surface area contributed by atoms with Crippen LogP contribution in [0.3, 0.4) is 0 Å². The van der Waals surface area contributed by atoms with Crippen molar-refractivity contribution in [1.29, 1.82) is 0 Å². The lowest BCUT2D eigenvalue weighted by Gasteiger charge is -2.08. The van der Waals surface area contributed by atoms with E-state index in [1.165, 1.54) is 20.3 Å². The Morgan fingerprint density at radius 2 is 1.90 bits per heavy atom. The zero-order chi connectivity index (χ0) is 15.4. The van der Waals surface area contributed by atoms with E-state index in [1.54, 1.807) is 25.1 Å². The molecule has 1 aromatic carbocycles. The van der Waals surface area contributed by atoms with Gasteiger partial charge in [-0.2, -0.15) is 0 Å². The Hall–Kier alpha value is -2.28. The normalized spacial score (nSPS) is 10.2. The molecule has 1 N–H and O–H groups in total. The molecular weight excluding hydrogens is 292 g/mol. The van der Waals surface area contributed by atoms with E-state index in [0.29, 0.717) is 22.8 Å². The van der Waals surface area contributed by atoms with Gasteiger partial charge in [0.05, 0.1) is 14.2 Å². The second-order valence-electron chi connectivity index (χ2n) is 4.15. The van der Waals surface area contributed by atoms with Gasteiger partial charge < -0.3 is 14.5 Å². The van der Waals surface area contributed by atoms with Crippen LogP contribution in [0.1, 0.15) is 16.1 Å². The number of hydrogen-bond donors (Lipinski definition) is 1. The number of carbonyl (C=O) groups excluding carboxylic acids is 1. The third-order valence-corrected chi connectivity index (χ3v) is 3.46. The van der Waals surface area contributed by atoms with Gasteiger partial charge in [0, 0.05) is 17.3 Å². The summed E-state index contributed by atoms with van der Waals surface area (Å²) in [7, 11) is 3.02. The van der Waals surface area contributed by atoms with E-state index in [9.17, 15) is 9.59 Å². The fourth-order valence-electron chi connectivity index (χ4n) is 1.71. The minimum Gasteiger partial charge on any atom is -0.493 e. The molecule has 1 aromatic heterocycles. The van der Waals surface area contributed by atoms with E-state index in [-0.39, 0.29) is 15.8 Å². The minimum absolute atomic E-state index is 0.246. The lowest BCUT2D eigenvalue weighted by atomic mass is 10.2. The smallest absolute Gasteiger partial charge is 0.251 e. The maximum absolute atomic E-state index is 12.2. The maximum Gasteiger partial charge on any atom is 0.251 e. The summed E-state index contributed by atoms with van der Waals surface area (Å²) >= 11 is 0.856. The second kappa shape index (κ2) is 6.45. The molecule has 0 fully saturated rings. The highest BCUT2D eigenvalue weighted by atomic mass is 32.2. The average molecular weight is 306 g/mol. The summed E-state index contributed by atoms with van der Waals surface area (Å²) in [6.45, 7) is 1.69. The molecule has 0 saturated carbocycles. The van der Waals surface area contributed by atoms with Crippen molar-refractivity contribution in [2.75, 3.05) is 14.2 Å². The van der Waals surface area contributed by atoms with Gasteiger partial charge in [0.1, 0.15) is 0 Å². The van der Waals surface area contributed by atoms with Crippen LogP contribution in [0.2, 0.25) is 0 Å². The van der Waals surface area contributed by atoms with E-state index >= 15 is 0 Å². The van der Waals surface area contributed by atoms with Crippen molar-refractivity contribution in [2.24, 2.45) is 0 Å². The molecule has 0 aliphatic rings. The number of ether oxygens (including phenoxy) is 2. The summed E-state index contributed by atoms with van der Waals surface area (Å²) in [5.74, 6) is 1.01. The highest BCUT2D eigenvalue weighted by Crippen LogP contribution is 2.29. The highest BCUT2D eigenvalue weighted by Gasteiger charge is 2.13. The van der Waals surface area contributed by atoms with Crippen LogP contribution in [-0.4, -0.2) is 29.3 Å². The molecule has 0 atom stereocenters. The number of benzene rings is 1. The molecule has 0 radical (unpaired) electrons. The van der Waals surface area contributed by atoms with Crippen LogP contribution in [-0.2, 0) is 0 Å². The molecule has 0 aliphatic heterocycles. The van der Waals surface area contributed by atoms with Gasteiger partial charge in [-0.25, -0.2) is 4.98 Å². The summed E-state index contributed by atoms with van der Waals surface area (Å²) in [5, 5.41) is 0.0180. The molecule has 0 saturated heterocycles. The SMILES string of the molecule is COc1ccc(C(=O)Sc2nc(C)cc(=O)[nH]2)cc1OC. The predicted octanol–water partition coefficient (Wildman–Crippen LogP) is 2.03. The van der Waals surface area contributed by atoms with Crippen LogP contribution >= 0.6 is 11.8 Å². The lowest BCUT2D eigenvalue weighted by Crippen LogP contribution is -2.09. The molecule has 2 aromatic rings. The van der Waals surface area contributed by atoms with E-state index in [4.69, 9.17) is 9.47 Å². The number of carbonyl (C=O) groups is 1. The van der Waals surface area contributed by atoms with E-state index in [2.05, 4.69) is 9.97 Å². The average Bonchev–Trinajstić information content (AvgIpc) is 2.45. The van der Waals surface area contributed by atoms with Crippen LogP contribution in [0.5, 0.6) is 11.5 Å². The Morgan fingerprint density at radius 3 is 2.52 bits per heavy atom. The zero-order valence-corrected chi connectivity index (χ0v) is 12.6. The first-order valence-corrected chi connectivity index (χ1v) is 6.87. The number of hydrogen-bond acceptors (Lipinski definition) is 6. The van der Waals surface area contributed by atoms with Gasteiger partial charge in [0.2, 0.25) is 5.12 Å². The molecule has 6 nitrogen and oxygen atoms in total. The van der Waals surface area contributed by atoms with Crippen LogP contribution in [0.15, 0.2) is 34.2 Å². The number of nitrogens with zero attached hydrogens (tertiary/aromatic N) is 1. The summed E-state index contributed by atoms with van der Waals surface area (Å²) in [4.78, 5) is 30.2. The van der Waals surface area contributed by atoms with Crippen molar-refractivity contribution < 1.29 is 14.3 Å². The van der Waals surface area contributed by atoms with Crippen molar-refractivity contribution in [3.63, 3.8) is 0 Å².